The van der Waals surface area contributed by atoms with E-state index in [1.807, 2.05) is 51.1 Å². The number of amides is 1. The summed E-state index contributed by atoms with van der Waals surface area (Å²) in [6.07, 6.45) is 3.48. The second-order valence-electron chi connectivity index (χ2n) is 6.51. The Morgan fingerprint density at radius 2 is 1.96 bits per heavy atom. The molecule has 0 unspecified atom stereocenters. The maximum atomic E-state index is 12.2. The largest absolute Gasteiger partial charge is 0.489 e. The van der Waals surface area contributed by atoms with Gasteiger partial charge in [-0.15, -0.1) is 24.8 Å². The first kappa shape index (κ1) is 23.2. The molecule has 0 radical (unpaired) electrons. The van der Waals surface area contributed by atoms with Crippen molar-refractivity contribution in [1.82, 2.24) is 4.98 Å². The van der Waals surface area contributed by atoms with Crippen LogP contribution in [-0.4, -0.2) is 16.9 Å². The number of nitrogens with zero attached hydrogens (tertiary/aromatic N) is 1. The Morgan fingerprint density at radius 3 is 2.56 bits per heavy atom. The van der Waals surface area contributed by atoms with Gasteiger partial charge in [-0.1, -0.05) is 32.9 Å². The Kier molecular flexibility index (Phi) is 9.49. The van der Waals surface area contributed by atoms with Crippen LogP contribution in [0.25, 0.3) is 0 Å². The second kappa shape index (κ2) is 10.2. The molecule has 0 fully saturated rings. The van der Waals surface area contributed by atoms with Crippen molar-refractivity contribution in [2.45, 2.75) is 33.4 Å². The molecule has 5 nitrogen and oxygen atoms in total. The van der Waals surface area contributed by atoms with Gasteiger partial charge in [-0.3, -0.25) is 9.78 Å². The first-order valence-corrected chi connectivity index (χ1v) is 7.54. The number of nitrogens with one attached hydrogen (secondary N) is 1. The van der Waals surface area contributed by atoms with Gasteiger partial charge >= 0.3 is 0 Å². The van der Waals surface area contributed by atoms with E-state index in [4.69, 9.17) is 10.5 Å². The van der Waals surface area contributed by atoms with Crippen LogP contribution >= 0.6 is 24.8 Å². The summed E-state index contributed by atoms with van der Waals surface area (Å²) in [6, 6.07) is 10.5. The molecule has 0 aliphatic carbocycles. The van der Waals surface area contributed by atoms with E-state index in [9.17, 15) is 4.79 Å². The number of aromatic nitrogens is 1. The number of rotatable bonds is 5. The molecular formula is C18H25Cl2N3O2. The van der Waals surface area contributed by atoms with E-state index >= 15 is 0 Å². The number of ether oxygens (including phenoxy) is 1. The Balaban J connectivity index is 0.00000288. The number of carbonyl (C=O) groups excluding carboxylic acids is 1. The molecule has 7 heteroatoms. The molecule has 0 aliphatic rings. The summed E-state index contributed by atoms with van der Waals surface area (Å²) in [7, 11) is 0. The molecule has 1 atom stereocenters. The zero-order valence-corrected chi connectivity index (χ0v) is 16.2. The lowest BCUT2D eigenvalue weighted by Crippen LogP contribution is -2.45. The number of hydrogen-bond acceptors (Lipinski definition) is 4. The number of pyridine rings is 1. The average Bonchev–Trinajstić information content (AvgIpc) is 2.52. The summed E-state index contributed by atoms with van der Waals surface area (Å²) >= 11 is 0. The number of benzene rings is 1. The summed E-state index contributed by atoms with van der Waals surface area (Å²) in [5.74, 6) is 0.470. The van der Waals surface area contributed by atoms with Crippen LogP contribution in [-0.2, 0) is 11.4 Å². The highest BCUT2D eigenvalue weighted by Crippen LogP contribution is 2.21. The van der Waals surface area contributed by atoms with Crippen molar-refractivity contribution in [3.8, 4) is 5.75 Å². The minimum absolute atomic E-state index is 0. The maximum Gasteiger partial charge on any atom is 0.241 e. The highest BCUT2D eigenvalue weighted by molar-refractivity contribution is 5.95. The van der Waals surface area contributed by atoms with Crippen molar-refractivity contribution in [2.24, 2.45) is 11.1 Å². The molecule has 0 spiro atoms. The molecule has 1 amide bonds. The van der Waals surface area contributed by atoms with E-state index in [-0.39, 0.29) is 36.1 Å². The van der Waals surface area contributed by atoms with Crippen molar-refractivity contribution in [2.75, 3.05) is 5.32 Å². The predicted molar refractivity (Wildman–Crippen MR) is 106 cm³/mol. The number of halogens is 2. The van der Waals surface area contributed by atoms with Gasteiger partial charge in [0, 0.05) is 29.7 Å². The van der Waals surface area contributed by atoms with Crippen LogP contribution in [0.2, 0.25) is 0 Å². The second-order valence-corrected chi connectivity index (χ2v) is 6.51. The first-order valence-electron chi connectivity index (χ1n) is 7.54. The molecule has 0 bridgehead atoms. The van der Waals surface area contributed by atoms with Gasteiger partial charge in [0.25, 0.3) is 0 Å². The fraction of sp³-hybridized carbons (Fsp3) is 0.333. The standard InChI is InChI=1S/C18H23N3O2.2ClH/c1-18(2,3)16(19)17(22)21-14-7-4-8-15(10-14)23-12-13-6-5-9-20-11-13;;/h4-11,16H,12,19H2,1-3H3,(H,21,22);2*1H/t16-;;/m1../s1. The topological polar surface area (TPSA) is 77.2 Å². The first-order chi connectivity index (χ1) is 10.9. The molecule has 2 rings (SSSR count). The molecular weight excluding hydrogens is 361 g/mol. The minimum Gasteiger partial charge on any atom is -0.489 e. The highest BCUT2D eigenvalue weighted by Gasteiger charge is 2.27. The molecule has 0 aliphatic heterocycles. The Morgan fingerprint density at radius 1 is 1.24 bits per heavy atom. The van der Waals surface area contributed by atoms with Gasteiger partial charge in [-0.05, 0) is 23.6 Å². The molecule has 1 heterocycles. The third-order valence-electron chi connectivity index (χ3n) is 3.45. The van der Waals surface area contributed by atoms with Crippen molar-refractivity contribution in [3.05, 3.63) is 54.4 Å². The van der Waals surface area contributed by atoms with E-state index in [0.29, 0.717) is 18.0 Å². The van der Waals surface area contributed by atoms with Crippen molar-refractivity contribution >= 4 is 36.4 Å². The molecule has 1 aromatic carbocycles. The monoisotopic (exact) mass is 385 g/mol. The summed E-state index contributed by atoms with van der Waals surface area (Å²) in [4.78, 5) is 16.2. The Labute approximate surface area is 161 Å². The molecule has 1 aromatic heterocycles. The lowest BCUT2D eigenvalue weighted by molar-refractivity contribution is -0.119. The molecule has 2 aromatic rings. The normalized spacial score (nSPS) is 11.5. The van der Waals surface area contributed by atoms with E-state index in [1.54, 1.807) is 18.5 Å². The fourth-order valence-corrected chi connectivity index (χ4v) is 1.93. The lowest BCUT2D eigenvalue weighted by Gasteiger charge is -2.25. The number of hydrogen-bond donors (Lipinski definition) is 2. The third-order valence-corrected chi connectivity index (χ3v) is 3.45. The van der Waals surface area contributed by atoms with Crippen LogP contribution in [0, 0.1) is 5.41 Å². The average molecular weight is 386 g/mol. The van der Waals surface area contributed by atoms with Crippen LogP contribution in [0.3, 0.4) is 0 Å². The van der Waals surface area contributed by atoms with Gasteiger partial charge in [0.2, 0.25) is 5.91 Å². The van der Waals surface area contributed by atoms with Crippen molar-refractivity contribution in [3.63, 3.8) is 0 Å². The van der Waals surface area contributed by atoms with Gasteiger partial charge < -0.3 is 15.8 Å². The summed E-state index contributed by atoms with van der Waals surface area (Å²) in [5.41, 5.74) is 7.32. The van der Waals surface area contributed by atoms with Crippen LogP contribution < -0.4 is 15.8 Å². The molecule has 138 valence electrons. The summed E-state index contributed by atoms with van der Waals surface area (Å²) in [5, 5.41) is 2.83. The maximum absolute atomic E-state index is 12.2. The van der Waals surface area contributed by atoms with E-state index in [0.717, 1.165) is 5.56 Å². The van der Waals surface area contributed by atoms with E-state index in [1.165, 1.54) is 0 Å². The molecule has 25 heavy (non-hydrogen) atoms. The molecule has 0 saturated carbocycles. The zero-order valence-electron chi connectivity index (χ0n) is 14.6. The third kappa shape index (κ3) is 7.30. The fourth-order valence-electron chi connectivity index (χ4n) is 1.93. The summed E-state index contributed by atoms with van der Waals surface area (Å²) in [6.45, 7) is 6.23. The minimum atomic E-state index is -0.581. The quantitative estimate of drug-likeness (QED) is 0.819. The molecule has 3 N–H and O–H groups in total. The molecule has 0 saturated heterocycles. The van der Waals surface area contributed by atoms with Gasteiger partial charge in [-0.2, -0.15) is 0 Å². The number of nitrogens with two attached hydrogens (primary N) is 1. The summed E-state index contributed by atoms with van der Waals surface area (Å²) < 4.78 is 5.72. The van der Waals surface area contributed by atoms with Gasteiger partial charge in [0.05, 0.1) is 6.04 Å². The van der Waals surface area contributed by atoms with Crippen LogP contribution in [0.4, 0.5) is 5.69 Å². The lowest BCUT2D eigenvalue weighted by atomic mass is 9.87. The Hall–Kier alpha value is -1.82. The van der Waals surface area contributed by atoms with E-state index in [2.05, 4.69) is 10.3 Å². The number of anilines is 1. The number of carbonyl (C=O) groups is 1. The van der Waals surface area contributed by atoms with Gasteiger partial charge in [0.15, 0.2) is 0 Å². The van der Waals surface area contributed by atoms with E-state index < -0.39 is 6.04 Å². The smallest absolute Gasteiger partial charge is 0.241 e. The van der Waals surface area contributed by atoms with Crippen molar-refractivity contribution < 1.29 is 9.53 Å². The highest BCUT2D eigenvalue weighted by atomic mass is 35.5. The van der Waals surface area contributed by atoms with Crippen LogP contribution in [0.15, 0.2) is 48.8 Å². The van der Waals surface area contributed by atoms with Gasteiger partial charge in [0.1, 0.15) is 12.4 Å². The zero-order chi connectivity index (χ0) is 16.9. The van der Waals surface area contributed by atoms with Gasteiger partial charge in [-0.25, -0.2) is 0 Å². The predicted octanol–water partition coefficient (Wildman–Crippen LogP) is 3.82. The van der Waals surface area contributed by atoms with Crippen LogP contribution in [0.1, 0.15) is 26.3 Å². The SMILES string of the molecule is CC(C)(C)[C@H](N)C(=O)Nc1cccc(OCc2cccnc2)c1.Cl.Cl. The van der Waals surface area contributed by atoms with Crippen LogP contribution in [0.5, 0.6) is 5.75 Å². The Bertz CT molecular complexity index is 661. The van der Waals surface area contributed by atoms with Crippen molar-refractivity contribution in [1.29, 1.82) is 0 Å².